The van der Waals surface area contributed by atoms with Crippen molar-refractivity contribution >= 4 is 8.32 Å². The summed E-state index contributed by atoms with van der Waals surface area (Å²) in [4.78, 5) is 0. The van der Waals surface area contributed by atoms with Crippen LogP contribution in [-0.2, 0) is 4.43 Å². The zero-order chi connectivity index (χ0) is 15.3. The van der Waals surface area contributed by atoms with Crippen molar-refractivity contribution in [2.24, 2.45) is 5.41 Å². The molecule has 0 rings (SSSR count). The van der Waals surface area contributed by atoms with Gasteiger partial charge in [-0.1, -0.05) is 34.6 Å². The van der Waals surface area contributed by atoms with Gasteiger partial charge in [0.2, 0.25) is 8.32 Å². The normalized spacial score (nSPS) is 15.3. The van der Waals surface area contributed by atoms with E-state index in [1.807, 2.05) is 13.8 Å². The Hall–Kier alpha value is -0.723. The van der Waals surface area contributed by atoms with Gasteiger partial charge in [0, 0.05) is 6.42 Å². The van der Waals surface area contributed by atoms with Gasteiger partial charge in [-0.15, -0.1) is 12.3 Å². The van der Waals surface area contributed by atoms with E-state index < -0.39 is 14.4 Å². The van der Waals surface area contributed by atoms with Crippen molar-refractivity contribution in [1.29, 1.82) is 0 Å². The van der Waals surface area contributed by atoms with Crippen LogP contribution < -0.4 is 0 Å². The van der Waals surface area contributed by atoms with Crippen LogP contribution in [-0.4, -0.2) is 19.5 Å². The number of hydrogen-bond acceptors (Lipinski definition) is 2. The minimum absolute atomic E-state index is 0.168. The van der Waals surface area contributed by atoms with Gasteiger partial charge in [0.05, 0.1) is 12.4 Å². The van der Waals surface area contributed by atoms with E-state index in [1.165, 1.54) is 0 Å². The molecule has 0 saturated heterocycles. The van der Waals surface area contributed by atoms with Gasteiger partial charge in [-0.3, -0.25) is 0 Å². The highest BCUT2D eigenvalue weighted by Gasteiger charge is 2.38. The molecular formula is C16H30O2Si. The van der Waals surface area contributed by atoms with E-state index in [1.54, 1.807) is 12.3 Å². The summed E-state index contributed by atoms with van der Waals surface area (Å²) in [5.41, 5.74) is -0.223. The van der Waals surface area contributed by atoms with Crippen LogP contribution in [0.4, 0.5) is 0 Å². The van der Waals surface area contributed by atoms with E-state index in [0.29, 0.717) is 6.42 Å². The van der Waals surface area contributed by atoms with Crippen molar-refractivity contribution in [2.45, 2.75) is 71.7 Å². The highest BCUT2D eigenvalue weighted by Crippen LogP contribution is 2.37. The minimum Gasteiger partial charge on any atom is -0.549 e. The molecule has 0 spiro atoms. The van der Waals surface area contributed by atoms with Crippen LogP contribution in [0.3, 0.4) is 0 Å². The second-order valence-electron chi connectivity index (χ2n) is 7.34. The Morgan fingerprint density at radius 1 is 1.26 bits per heavy atom. The summed E-state index contributed by atoms with van der Waals surface area (Å²) in [6.07, 6.45) is 9.65. The number of aliphatic hydroxyl groups excluding tert-OH is 1. The van der Waals surface area contributed by atoms with Gasteiger partial charge in [0.25, 0.3) is 0 Å². The third kappa shape index (κ3) is 5.84. The van der Waals surface area contributed by atoms with Crippen molar-refractivity contribution in [3.8, 4) is 12.3 Å². The molecule has 1 unspecified atom stereocenters. The lowest BCUT2D eigenvalue weighted by Crippen LogP contribution is -2.39. The van der Waals surface area contributed by atoms with E-state index in [-0.39, 0.29) is 10.5 Å². The summed E-state index contributed by atoms with van der Waals surface area (Å²) < 4.78 is 5.92. The molecule has 0 saturated carbocycles. The molecule has 0 radical (unpaired) electrons. The zero-order valence-electron chi connectivity index (χ0n) is 13.6. The van der Waals surface area contributed by atoms with E-state index in [0.717, 1.165) is 6.42 Å². The summed E-state index contributed by atoms with van der Waals surface area (Å²) in [6.45, 7) is 15.0. The Bertz CT molecular complexity index is 343. The summed E-state index contributed by atoms with van der Waals surface area (Å²) in [7, 11) is -1.79. The lowest BCUT2D eigenvalue weighted by Gasteiger charge is -2.35. The van der Waals surface area contributed by atoms with Crippen LogP contribution in [0.2, 0.25) is 18.1 Å². The van der Waals surface area contributed by atoms with Gasteiger partial charge >= 0.3 is 0 Å². The minimum atomic E-state index is -1.79. The first-order chi connectivity index (χ1) is 8.44. The molecule has 0 fully saturated rings. The molecule has 3 heteroatoms. The first-order valence-corrected chi connectivity index (χ1v) is 9.81. The second-order valence-corrected chi connectivity index (χ2v) is 12.1. The molecule has 1 atom stereocenters. The number of rotatable bonds is 6. The van der Waals surface area contributed by atoms with Crippen LogP contribution in [0.15, 0.2) is 12.3 Å². The van der Waals surface area contributed by atoms with Gasteiger partial charge in [0.15, 0.2) is 0 Å². The van der Waals surface area contributed by atoms with Gasteiger partial charge < -0.3 is 9.53 Å². The van der Waals surface area contributed by atoms with Crippen LogP contribution in [0.5, 0.6) is 0 Å². The highest BCUT2D eigenvalue weighted by atomic mass is 28.4. The third-order valence-corrected chi connectivity index (χ3v) is 8.48. The summed E-state index contributed by atoms with van der Waals surface area (Å²) in [5.74, 6) is 2.62. The maximum atomic E-state index is 10.2. The predicted octanol–water partition coefficient (Wildman–Crippen LogP) is 4.32. The molecule has 0 aromatic heterocycles. The van der Waals surface area contributed by atoms with E-state index in [4.69, 9.17) is 10.8 Å². The van der Waals surface area contributed by atoms with Crippen molar-refractivity contribution in [3.63, 3.8) is 0 Å². The van der Waals surface area contributed by atoms with E-state index >= 15 is 0 Å². The highest BCUT2D eigenvalue weighted by molar-refractivity contribution is 6.74. The van der Waals surface area contributed by atoms with E-state index in [9.17, 15) is 5.11 Å². The second kappa shape index (κ2) is 6.63. The standard InChI is InChI=1S/C16H30O2Si/c1-9-10-12-16(5,6)14(17)11-13-18-19(7,8)15(2,3)4/h1,11,13-14,17H,10,12H2,2-8H3/b13-11+. The zero-order valence-corrected chi connectivity index (χ0v) is 14.6. The smallest absolute Gasteiger partial charge is 0.249 e. The summed E-state index contributed by atoms with van der Waals surface area (Å²) in [5, 5.41) is 10.4. The number of hydrogen-bond donors (Lipinski definition) is 1. The molecule has 2 nitrogen and oxygen atoms in total. The number of aliphatic hydroxyl groups is 1. The quantitative estimate of drug-likeness (QED) is 0.446. The van der Waals surface area contributed by atoms with Crippen LogP contribution in [0.25, 0.3) is 0 Å². The molecule has 1 N–H and O–H groups in total. The van der Waals surface area contributed by atoms with Crippen molar-refractivity contribution < 1.29 is 9.53 Å². The molecule has 0 aromatic carbocycles. The predicted molar refractivity (Wildman–Crippen MR) is 85.3 cm³/mol. The molecule has 0 aliphatic heterocycles. The third-order valence-electron chi connectivity index (χ3n) is 4.14. The average Bonchev–Trinajstić information content (AvgIpc) is 2.24. The molecular weight excluding hydrogens is 252 g/mol. The van der Waals surface area contributed by atoms with Crippen molar-refractivity contribution in [1.82, 2.24) is 0 Å². The maximum absolute atomic E-state index is 10.2. The lowest BCUT2D eigenvalue weighted by molar-refractivity contribution is 0.0832. The molecule has 0 amide bonds. The Balaban J connectivity index is 4.54. The molecule has 110 valence electrons. The molecule has 0 aliphatic carbocycles. The van der Waals surface area contributed by atoms with Gasteiger partial charge in [-0.25, -0.2) is 0 Å². The maximum Gasteiger partial charge on any atom is 0.249 e. The molecule has 19 heavy (non-hydrogen) atoms. The topological polar surface area (TPSA) is 29.5 Å². The largest absolute Gasteiger partial charge is 0.549 e. The van der Waals surface area contributed by atoms with Gasteiger partial charge in [0.1, 0.15) is 0 Å². The van der Waals surface area contributed by atoms with E-state index in [2.05, 4.69) is 39.8 Å². The lowest BCUT2D eigenvalue weighted by atomic mass is 9.82. The fourth-order valence-electron chi connectivity index (χ4n) is 1.26. The molecule has 0 bridgehead atoms. The van der Waals surface area contributed by atoms with Gasteiger partial charge in [-0.2, -0.15) is 0 Å². The monoisotopic (exact) mass is 282 g/mol. The SMILES string of the molecule is C#CCCC(C)(C)C(O)/C=C/O[Si](C)(C)C(C)(C)C. The fraction of sp³-hybridized carbons (Fsp3) is 0.750. The number of terminal acetylenes is 1. The summed E-state index contributed by atoms with van der Waals surface area (Å²) in [6, 6.07) is 0. The van der Waals surface area contributed by atoms with Crippen LogP contribution in [0, 0.1) is 17.8 Å². The molecule has 0 heterocycles. The Kier molecular flexibility index (Phi) is 6.38. The van der Waals surface area contributed by atoms with Crippen LogP contribution in [0.1, 0.15) is 47.5 Å². The van der Waals surface area contributed by atoms with Crippen molar-refractivity contribution in [3.05, 3.63) is 12.3 Å². The van der Waals surface area contributed by atoms with Crippen molar-refractivity contribution in [2.75, 3.05) is 0 Å². The first-order valence-electron chi connectivity index (χ1n) is 6.90. The Morgan fingerprint density at radius 2 is 1.79 bits per heavy atom. The Morgan fingerprint density at radius 3 is 2.21 bits per heavy atom. The first kappa shape index (κ1) is 18.3. The van der Waals surface area contributed by atoms with Gasteiger partial charge in [-0.05, 0) is 36.0 Å². The fourth-order valence-corrected chi connectivity index (χ4v) is 2.04. The molecule has 0 aromatic rings. The molecule has 0 aliphatic rings. The average molecular weight is 282 g/mol. The van der Waals surface area contributed by atoms with Crippen LogP contribution >= 0.6 is 0 Å². The summed E-state index contributed by atoms with van der Waals surface area (Å²) >= 11 is 0. The Labute approximate surface area is 120 Å².